The van der Waals surface area contributed by atoms with Gasteiger partial charge < -0.3 is 19.7 Å². The molecule has 0 bridgehead atoms. The van der Waals surface area contributed by atoms with Crippen LogP contribution in [0.3, 0.4) is 0 Å². The van der Waals surface area contributed by atoms with Crippen molar-refractivity contribution in [3.05, 3.63) is 40.7 Å². The first-order valence-corrected chi connectivity index (χ1v) is 8.89. The number of nitrogens with one attached hydrogen (secondary N) is 1. The van der Waals surface area contributed by atoms with E-state index >= 15 is 0 Å². The summed E-state index contributed by atoms with van der Waals surface area (Å²) in [6.45, 7) is 1.74. The van der Waals surface area contributed by atoms with Crippen LogP contribution in [-0.4, -0.2) is 42.8 Å². The molecule has 2 aromatic heterocycles. The SMILES string of the molecule is COCCOc1ccc(NC(=O)N2CCC[C@H]2c2ccsc2)cn1. The molecule has 2 aromatic rings. The van der Waals surface area contributed by atoms with Crippen LogP contribution >= 0.6 is 11.3 Å². The zero-order valence-electron chi connectivity index (χ0n) is 13.6. The lowest BCUT2D eigenvalue weighted by Gasteiger charge is -2.24. The number of ether oxygens (including phenoxy) is 2. The molecule has 3 heterocycles. The van der Waals surface area contributed by atoms with Crippen LogP contribution in [0.1, 0.15) is 24.4 Å². The standard InChI is InChI=1S/C17H21N3O3S/c1-22-8-9-23-16-5-4-14(11-18-16)19-17(21)20-7-2-3-15(20)13-6-10-24-12-13/h4-6,10-12,15H,2-3,7-9H2,1H3,(H,19,21)/t15-/m0/s1. The molecule has 2 amide bonds. The molecule has 1 aliphatic rings. The number of thiophene rings is 1. The van der Waals surface area contributed by atoms with Crippen LogP contribution in [0.25, 0.3) is 0 Å². The Morgan fingerprint density at radius 2 is 2.33 bits per heavy atom. The Bertz CT molecular complexity index is 646. The first-order valence-electron chi connectivity index (χ1n) is 7.95. The molecule has 6 nitrogen and oxygen atoms in total. The van der Waals surface area contributed by atoms with Gasteiger partial charge in [-0.15, -0.1) is 0 Å². The lowest BCUT2D eigenvalue weighted by molar-refractivity contribution is 0.144. The van der Waals surface area contributed by atoms with Crippen LogP contribution < -0.4 is 10.1 Å². The predicted octanol–water partition coefficient (Wildman–Crippen LogP) is 3.54. The van der Waals surface area contributed by atoms with Crippen molar-refractivity contribution in [1.29, 1.82) is 0 Å². The van der Waals surface area contributed by atoms with Gasteiger partial charge in [0.1, 0.15) is 6.61 Å². The van der Waals surface area contributed by atoms with Gasteiger partial charge in [-0.1, -0.05) is 0 Å². The Balaban J connectivity index is 1.58. The van der Waals surface area contributed by atoms with Crippen molar-refractivity contribution in [2.45, 2.75) is 18.9 Å². The van der Waals surface area contributed by atoms with Gasteiger partial charge in [0.2, 0.25) is 5.88 Å². The first-order chi connectivity index (χ1) is 11.8. The average Bonchev–Trinajstić information content (AvgIpc) is 3.27. The van der Waals surface area contributed by atoms with Gasteiger partial charge in [-0.2, -0.15) is 11.3 Å². The van der Waals surface area contributed by atoms with Crippen LogP contribution in [0.4, 0.5) is 10.5 Å². The minimum absolute atomic E-state index is 0.0847. The fraction of sp³-hybridized carbons (Fsp3) is 0.412. The summed E-state index contributed by atoms with van der Waals surface area (Å²) in [5.74, 6) is 0.516. The maximum absolute atomic E-state index is 12.6. The van der Waals surface area contributed by atoms with E-state index in [1.165, 1.54) is 5.56 Å². The highest BCUT2D eigenvalue weighted by Crippen LogP contribution is 2.33. The number of rotatable bonds is 6. The van der Waals surface area contributed by atoms with Crippen LogP contribution in [0.5, 0.6) is 5.88 Å². The summed E-state index contributed by atoms with van der Waals surface area (Å²) in [5.41, 5.74) is 1.88. The van der Waals surface area contributed by atoms with E-state index in [-0.39, 0.29) is 12.1 Å². The molecule has 3 rings (SSSR count). The number of pyridine rings is 1. The molecular formula is C17H21N3O3S. The van der Waals surface area contributed by atoms with Gasteiger partial charge in [-0.05, 0) is 41.3 Å². The van der Waals surface area contributed by atoms with E-state index in [0.717, 1.165) is 19.4 Å². The molecule has 24 heavy (non-hydrogen) atoms. The van der Waals surface area contributed by atoms with Gasteiger partial charge in [-0.3, -0.25) is 0 Å². The molecular weight excluding hydrogens is 326 g/mol. The number of hydrogen-bond donors (Lipinski definition) is 1. The highest BCUT2D eigenvalue weighted by Gasteiger charge is 2.30. The van der Waals surface area contributed by atoms with E-state index in [1.807, 2.05) is 4.90 Å². The zero-order chi connectivity index (χ0) is 16.8. The highest BCUT2D eigenvalue weighted by atomic mass is 32.1. The summed E-state index contributed by atoms with van der Waals surface area (Å²) in [5, 5.41) is 7.08. The van der Waals surface area contributed by atoms with E-state index in [0.29, 0.717) is 24.8 Å². The Labute approximate surface area is 145 Å². The van der Waals surface area contributed by atoms with E-state index in [1.54, 1.807) is 36.8 Å². The van der Waals surface area contributed by atoms with Crippen molar-refractivity contribution in [2.75, 3.05) is 32.2 Å². The number of methoxy groups -OCH3 is 1. The third kappa shape index (κ3) is 4.04. The smallest absolute Gasteiger partial charge is 0.322 e. The number of likely N-dealkylation sites (tertiary alicyclic amines) is 1. The second kappa shape index (κ2) is 8.12. The summed E-state index contributed by atoms with van der Waals surface area (Å²) in [7, 11) is 1.62. The molecule has 0 unspecified atom stereocenters. The molecule has 1 aliphatic heterocycles. The molecule has 1 fully saturated rings. The van der Waals surface area contributed by atoms with Crippen molar-refractivity contribution < 1.29 is 14.3 Å². The minimum atomic E-state index is -0.0847. The van der Waals surface area contributed by atoms with Gasteiger partial charge in [0.15, 0.2) is 0 Å². The van der Waals surface area contributed by atoms with Gasteiger partial charge in [0.05, 0.1) is 24.5 Å². The molecule has 0 radical (unpaired) electrons. The quantitative estimate of drug-likeness (QED) is 0.812. The molecule has 0 spiro atoms. The molecule has 1 atom stereocenters. The van der Waals surface area contributed by atoms with E-state index in [4.69, 9.17) is 9.47 Å². The number of nitrogens with zero attached hydrogens (tertiary/aromatic N) is 2. The third-order valence-electron chi connectivity index (χ3n) is 3.97. The van der Waals surface area contributed by atoms with Crippen LogP contribution in [0.15, 0.2) is 35.2 Å². The topological polar surface area (TPSA) is 63.7 Å². The molecule has 128 valence electrons. The maximum Gasteiger partial charge on any atom is 0.322 e. The van der Waals surface area contributed by atoms with Crippen molar-refractivity contribution in [3.63, 3.8) is 0 Å². The lowest BCUT2D eigenvalue weighted by Crippen LogP contribution is -2.34. The van der Waals surface area contributed by atoms with Crippen LogP contribution in [0.2, 0.25) is 0 Å². The van der Waals surface area contributed by atoms with Gasteiger partial charge in [0, 0.05) is 19.7 Å². The second-order valence-electron chi connectivity index (χ2n) is 5.56. The predicted molar refractivity (Wildman–Crippen MR) is 93.6 cm³/mol. The van der Waals surface area contributed by atoms with E-state index < -0.39 is 0 Å². The molecule has 0 saturated carbocycles. The summed E-state index contributed by atoms with van der Waals surface area (Å²) in [4.78, 5) is 18.6. The summed E-state index contributed by atoms with van der Waals surface area (Å²) in [6.07, 6.45) is 3.64. The van der Waals surface area contributed by atoms with Gasteiger partial charge in [-0.25, -0.2) is 9.78 Å². The van der Waals surface area contributed by atoms with Crippen molar-refractivity contribution >= 4 is 23.1 Å². The lowest BCUT2D eigenvalue weighted by atomic mass is 10.1. The van der Waals surface area contributed by atoms with Crippen molar-refractivity contribution in [1.82, 2.24) is 9.88 Å². The molecule has 7 heteroatoms. The van der Waals surface area contributed by atoms with Gasteiger partial charge >= 0.3 is 6.03 Å². The maximum atomic E-state index is 12.6. The Kier molecular flexibility index (Phi) is 5.66. The minimum Gasteiger partial charge on any atom is -0.475 e. The number of urea groups is 1. The van der Waals surface area contributed by atoms with Crippen LogP contribution in [0, 0.1) is 0 Å². The Morgan fingerprint density at radius 3 is 3.04 bits per heavy atom. The first kappa shape index (κ1) is 16.7. The summed E-state index contributed by atoms with van der Waals surface area (Å²) >= 11 is 1.66. The van der Waals surface area contributed by atoms with Crippen molar-refractivity contribution in [2.24, 2.45) is 0 Å². The zero-order valence-corrected chi connectivity index (χ0v) is 14.4. The molecule has 0 aromatic carbocycles. The van der Waals surface area contributed by atoms with E-state index in [9.17, 15) is 4.79 Å². The number of carbonyl (C=O) groups excluding carboxylic acids is 1. The number of amides is 2. The molecule has 0 aliphatic carbocycles. The fourth-order valence-electron chi connectivity index (χ4n) is 2.79. The summed E-state index contributed by atoms with van der Waals surface area (Å²) < 4.78 is 10.3. The number of aromatic nitrogens is 1. The van der Waals surface area contributed by atoms with Crippen molar-refractivity contribution in [3.8, 4) is 5.88 Å². The normalized spacial score (nSPS) is 17.0. The summed E-state index contributed by atoms with van der Waals surface area (Å²) in [6, 6.07) is 5.71. The molecule has 1 saturated heterocycles. The van der Waals surface area contributed by atoms with Gasteiger partial charge in [0.25, 0.3) is 0 Å². The number of hydrogen-bond acceptors (Lipinski definition) is 5. The van der Waals surface area contributed by atoms with E-state index in [2.05, 4.69) is 27.1 Å². The average molecular weight is 347 g/mol. The Hall–Kier alpha value is -2.12. The fourth-order valence-corrected chi connectivity index (χ4v) is 3.49. The molecule has 1 N–H and O–H groups in total. The monoisotopic (exact) mass is 347 g/mol. The Morgan fingerprint density at radius 1 is 1.42 bits per heavy atom. The highest BCUT2D eigenvalue weighted by molar-refractivity contribution is 7.07. The number of anilines is 1. The number of carbonyl (C=O) groups is 1. The third-order valence-corrected chi connectivity index (χ3v) is 4.67. The largest absolute Gasteiger partial charge is 0.475 e. The van der Waals surface area contributed by atoms with Crippen LogP contribution in [-0.2, 0) is 4.74 Å². The second-order valence-corrected chi connectivity index (χ2v) is 6.34.